The number of aromatic amines is 1. The maximum atomic E-state index is 5.00. The first-order valence-corrected chi connectivity index (χ1v) is 5.15. The van der Waals surface area contributed by atoms with E-state index in [2.05, 4.69) is 28.6 Å². The highest BCUT2D eigenvalue weighted by molar-refractivity contribution is 7.71. The minimum absolute atomic E-state index is 0.670. The van der Waals surface area contributed by atoms with Crippen LogP contribution in [0.15, 0.2) is 23.7 Å². The molecule has 0 aliphatic rings. The van der Waals surface area contributed by atoms with Gasteiger partial charge in [0.25, 0.3) is 0 Å². The van der Waals surface area contributed by atoms with E-state index >= 15 is 0 Å². The van der Waals surface area contributed by atoms with Crippen LogP contribution in [0, 0.1) is 11.6 Å². The van der Waals surface area contributed by atoms with Crippen LogP contribution in [0.25, 0.3) is 11.1 Å². The zero-order valence-electron chi connectivity index (χ0n) is 7.07. The molecule has 0 saturated carbocycles. The maximum Gasteiger partial charge on any atom is 0.120 e. The van der Waals surface area contributed by atoms with Gasteiger partial charge in [0.2, 0.25) is 0 Å². The summed E-state index contributed by atoms with van der Waals surface area (Å²) in [6, 6.07) is 4.02. The normalized spacial score (nSPS) is 10.2. The predicted molar refractivity (Wildman–Crippen MR) is 57.5 cm³/mol. The van der Waals surface area contributed by atoms with E-state index in [4.69, 9.17) is 12.2 Å². The van der Waals surface area contributed by atoms with Gasteiger partial charge in [0, 0.05) is 10.4 Å². The third kappa shape index (κ3) is 1.68. The second-order valence-corrected chi connectivity index (χ2v) is 4.28. The van der Waals surface area contributed by atoms with Crippen molar-refractivity contribution in [1.29, 1.82) is 0 Å². The molecule has 4 heteroatoms. The Labute approximate surface area is 85.3 Å². The van der Waals surface area contributed by atoms with Crippen LogP contribution in [0.5, 0.6) is 0 Å². The highest BCUT2D eigenvalue weighted by atomic mass is 32.1. The summed E-state index contributed by atoms with van der Waals surface area (Å²) in [5, 5.41) is 8.75. The third-order valence-electron chi connectivity index (χ3n) is 1.83. The van der Waals surface area contributed by atoms with Gasteiger partial charge < -0.3 is 0 Å². The highest BCUT2D eigenvalue weighted by Gasteiger charge is 2.02. The number of nitrogens with zero attached hydrogens (tertiary/aromatic N) is 1. The zero-order valence-corrected chi connectivity index (χ0v) is 8.71. The van der Waals surface area contributed by atoms with Gasteiger partial charge in [-0.15, -0.1) is 11.3 Å². The Hall–Kier alpha value is -1.000. The number of aromatic nitrogens is 2. The summed E-state index contributed by atoms with van der Waals surface area (Å²) in [5.41, 5.74) is 2.31. The number of hydrogen-bond donors (Lipinski definition) is 1. The van der Waals surface area contributed by atoms with Crippen molar-refractivity contribution < 1.29 is 0 Å². The number of nitrogens with one attached hydrogen (secondary N) is 1. The van der Waals surface area contributed by atoms with Crippen LogP contribution in [-0.4, -0.2) is 10.2 Å². The average Bonchev–Trinajstić information content (AvgIpc) is 2.51. The van der Waals surface area contributed by atoms with Gasteiger partial charge in [-0.3, -0.25) is 5.10 Å². The Balaban J connectivity index is 2.59. The van der Waals surface area contributed by atoms with E-state index < -0.39 is 0 Å². The summed E-state index contributed by atoms with van der Waals surface area (Å²) in [6.45, 7) is 2.10. The van der Waals surface area contributed by atoms with Crippen molar-refractivity contribution in [3.05, 3.63) is 33.2 Å². The monoisotopic (exact) mass is 208 g/mol. The SMILES string of the molecule is Cc1sccc1-c1cn[nH]c(=S)c1. The third-order valence-corrected chi connectivity index (χ3v) is 2.89. The molecule has 1 N–H and O–H groups in total. The standard InChI is InChI=1S/C9H8N2S2/c1-6-8(2-3-13-6)7-4-9(12)11-10-5-7/h2-5H,1H3,(H,11,12). The van der Waals surface area contributed by atoms with Crippen LogP contribution in [0.3, 0.4) is 0 Å². The first-order valence-electron chi connectivity index (χ1n) is 3.86. The van der Waals surface area contributed by atoms with Crippen molar-refractivity contribution in [2.45, 2.75) is 6.92 Å². The van der Waals surface area contributed by atoms with Crippen LogP contribution >= 0.6 is 23.6 Å². The second-order valence-electron chi connectivity index (χ2n) is 2.72. The van der Waals surface area contributed by atoms with Gasteiger partial charge in [-0.05, 0) is 30.0 Å². The number of aryl methyl sites for hydroxylation is 1. The van der Waals surface area contributed by atoms with Crippen molar-refractivity contribution in [3.8, 4) is 11.1 Å². The number of hydrogen-bond acceptors (Lipinski definition) is 3. The van der Waals surface area contributed by atoms with Crippen LogP contribution in [0.2, 0.25) is 0 Å². The molecule has 0 saturated heterocycles. The fraction of sp³-hybridized carbons (Fsp3) is 0.111. The minimum Gasteiger partial charge on any atom is -0.268 e. The quantitative estimate of drug-likeness (QED) is 0.729. The van der Waals surface area contributed by atoms with Crippen molar-refractivity contribution in [2.24, 2.45) is 0 Å². The van der Waals surface area contributed by atoms with E-state index in [1.54, 1.807) is 17.5 Å². The van der Waals surface area contributed by atoms with Crippen LogP contribution in [0.4, 0.5) is 0 Å². The molecule has 0 unspecified atom stereocenters. The minimum atomic E-state index is 0.670. The van der Waals surface area contributed by atoms with E-state index in [1.807, 2.05) is 6.07 Å². The molecule has 2 aromatic rings. The molecule has 2 aromatic heterocycles. The van der Waals surface area contributed by atoms with E-state index in [9.17, 15) is 0 Å². The van der Waals surface area contributed by atoms with E-state index in [-0.39, 0.29) is 0 Å². The molecular formula is C9H8N2S2. The summed E-state index contributed by atoms with van der Waals surface area (Å²) < 4.78 is 0.670. The lowest BCUT2D eigenvalue weighted by Crippen LogP contribution is -1.83. The maximum absolute atomic E-state index is 5.00. The predicted octanol–water partition coefficient (Wildman–Crippen LogP) is 3.18. The topological polar surface area (TPSA) is 28.7 Å². The largest absolute Gasteiger partial charge is 0.268 e. The fourth-order valence-corrected chi connectivity index (χ4v) is 2.11. The lowest BCUT2D eigenvalue weighted by Gasteiger charge is -1.97. The van der Waals surface area contributed by atoms with Crippen LogP contribution in [-0.2, 0) is 0 Å². The molecule has 0 radical (unpaired) electrons. The lowest BCUT2D eigenvalue weighted by molar-refractivity contribution is 1.02. The molecule has 0 bridgehead atoms. The van der Waals surface area contributed by atoms with Gasteiger partial charge in [-0.25, -0.2) is 0 Å². The molecule has 0 fully saturated rings. The smallest absolute Gasteiger partial charge is 0.120 e. The first kappa shape index (κ1) is 8.59. The van der Waals surface area contributed by atoms with Gasteiger partial charge in [0.05, 0.1) is 6.20 Å². The zero-order chi connectivity index (χ0) is 9.26. The van der Waals surface area contributed by atoms with Gasteiger partial charge in [-0.2, -0.15) is 5.10 Å². The second kappa shape index (κ2) is 3.40. The molecule has 0 aliphatic heterocycles. The van der Waals surface area contributed by atoms with Crippen molar-refractivity contribution in [3.63, 3.8) is 0 Å². The lowest BCUT2D eigenvalue weighted by atomic mass is 10.1. The van der Waals surface area contributed by atoms with Gasteiger partial charge >= 0.3 is 0 Å². The average molecular weight is 208 g/mol. The number of H-pyrrole nitrogens is 1. The number of thiophene rings is 1. The van der Waals surface area contributed by atoms with E-state index in [0.29, 0.717) is 4.64 Å². The van der Waals surface area contributed by atoms with Crippen LogP contribution in [0.1, 0.15) is 4.88 Å². The number of rotatable bonds is 1. The van der Waals surface area contributed by atoms with Crippen LogP contribution < -0.4 is 0 Å². The Morgan fingerprint density at radius 3 is 3.00 bits per heavy atom. The molecule has 2 heterocycles. The summed E-state index contributed by atoms with van der Waals surface area (Å²) in [4.78, 5) is 1.29. The Kier molecular flexibility index (Phi) is 2.24. The van der Waals surface area contributed by atoms with Gasteiger partial charge in [0.15, 0.2) is 0 Å². The summed E-state index contributed by atoms with van der Waals surface area (Å²) in [7, 11) is 0. The molecule has 2 rings (SSSR count). The molecule has 0 aliphatic carbocycles. The van der Waals surface area contributed by atoms with Crippen molar-refractivity contribution in [1.82, 2.24) is 10.2 Å². The molecule has 0 amide bonds. The van der Waals surface area contributed by atoms with Gasteiger partial charge in [-0.1, -0.05) is 12.2 Å². The summed E-state index contributed by atoms with van der Waals surface area (Å²) >= 11 is 6.74. The molecule has 0 spiro atoms. The Morgan fingerprint density at radius 2 is 2.38 bits per heavy atom. The molecule has 13 heavy (non-hydrogen) atoms. The Morgan fingerprint density at radius 1 is 1.54 bits per heavy atom. The molecule has 2 nitrogen and oxygen atoms in total. The van der Waals surface area contributed by atoms with Crippen molar-refractivity contribution >= 4 is 23.6 Å². The molecule has 0 atom stereocenters. The molecule has 66 valence electrons. The highest BCUT2D eigenvalue weighted by Crippen LogP contribution is 2.26. The fourth-order valence-electron chi connectivity index (χ4n) is 1.21. The summed E-state index contributed by atoms with van der Waals surface area (Å²) in [5.74, 6) is 0. The summed E-state index contributed by atoms with van der Waals surface area (Å²) in [6.07, 6.45) is 1.80. The van der Waals surface area contributed by atoms with Crippen molar-refractivity contribution in [2.75, 3.05) is 0 Å². The molecule has 0 aromatic carbocycles. The van der Waals surface area contributed by atoms with Gasteiger partial charge in [0.1, 0.15) is 4.64 Å². The first-order chi connectivity index (χ1) is 6.27. The molecular weight excluding hydrogens is 200 g/mol. The Bertz CT molecular complexity index is 470. The van der Waals surface area contributed by atoms with E-state index in [0.717, 1.165) is 5.56 Å². The van der Waals surface area contributed by atoms with E-state index in [1.165, 1.54) is 10.4 Å².